The molecule has 0 amide bonds. The van der Waals surface area contributed by atoms with Gasteiger partial charge in [-0.3, -0.25) is 4.79 Å². The molecule has 1 saturated heterocycles. The van der Waals surface area contributed by atoms with Gasteiger partial charge in [-0.25, -0.2) is 0 Å². The maximum atomic E-state index is 12.4. The van der Waals surface area contributed by atoms with E-state index in [2.05, 4.69) is 46.8 Å². The first-order chi connectivity index (χ1) is 12.7. The van der Waals surface area contributed by atoms with Crippen molar-refractivity contribution in [3.05, 3.63) is 12.2 Å². The van der Waals surface area contributed by atoms with Crippen molar-refractivity contribution in [3.63, 3.8) is 0 Å². The van der Waals surface area contributed by atoms with Crippen molar-refractivity contribution in [3.8, 4) is 0 Å². The van der Waals surface area contributed by atoms with Gasteiger partial charge < -0.3 is 9.47 Å². The van der Waals surface area contributed by atoms with Crippen molar-refractivity contribution in [2.24, 2.45) is 29.1 Å². The average Bonchev–Trinajstić information content (AvgIpc) is 2.98. The van der Waals surface area contributed by atoms with Gasteiger partial charge in [-0.1, -0.05) is 32.9 Å². The Labute approximate surface area is 166 Å². The highest BCUT2D eigenvalue weighted by Gasteiger charge is 2.52. The molecule has 6 unspecified atom stereocenters. The molecule has 3 rings (SSSR count). The number of Topliss-reactive ketones (excluding diaryl/α,β-unsaturated/α-hetero) is 1. The first-order valence-electron chi connectivity index (χ1n) is 11.2. The molecular formula is C24H40O3. The second-order valence-electron chi connectivity index (χ2n) is 10.1. The van der Waals surface area contributed by atoms with E-state index in [9.17, 15) is 4.79 Å². The van der Waals surface area contributed by atoms with E-state index < -0.39 is 0 Å². The summed E-state index contributed by atoms with van der Waals surface area (Å²) in [6, 6.07) is 0. The number of ketones is 1. The highest BCUT2D eigenvalue weighted by Crippen LogP contribution is 2.56. The Morgan fingerprint density at radius 2 is 1.93 bits per heavy atom. The third-order valence-corrected chi connectivity index (χ3v) is 7.94. The van der Waals surface area contributed by atoms with Crippen LogP contribution in [0.25, 0.3) is 0 Å². The Morgan fingerprint density at radius 3 is 2.63 bits per heavy atom. The summed E-state index contributed by atoms with van der Waals surface area (Å²) >= 11 is 0. The van der Waals surface area contributed by atoms with Gasteiger partial charge in [-0.2, -0.15) is 0 Å². The lowest BCUT2D eigenvalue weighted by atomic mass is 9.62. The number of allylic oxidation sites excluding steroid dienone is 1. The van der Waals surface area contributed by atoms with Gasteiger partial charge >= 0.3 is 0 Å². The predicted octanol–water partition coefficient (Wildman–Crippen LogP) is 5.92. The van der Waals surface area contributed by atoms with Crippen molar-refractivity contribution in [1.29, 1.82) is 0 Å². The maximum Gasteiger partial charge on any atom is 0.158 e. The topological polar surface area (TPSA) is 35.5 Å². The Morgan fingerprint density at radius 1 is 1.15 bits per heavy atom. The zero-order chi connectivity index (χ0) is 19.7. The summed E-state index contributed by atoms with van der Waals surface area (Å²) < 4.78 is 12.1. The third-order valence-electron chi connectivity index (χ3n) is 7.94. The normalized spacial score (nSPS) is 37.4. The fourth-order valence-corrected chi connectivity index (χ4v) is 5.79. The second-order valence-corrected chi connectivity index (χ2v) is 10.1. The van der Waals surface area contributed by atoms with Gasteiger partial charge in [0.05, 0.1) is 5.60 Å². The summed E-state index contributed by atoms with van der Waals surface area (Å²) in [5, 5.41) is 0. The number of hydrogen-bond donors (Lipinski definition) is 0. The van der Waals surface area contributed by atoms with E-state index in [1.54, 1.807) is 0 Å². The maximum absolute atomic E-state index is 12.4. The van der Waals surface area contributed by atoms with Crippen LogP contribution in [-0.4, -0.2) is 24.3 Å². The molecule has 0 aromatic rings. The van der Waals surface area contributed by atoms with E-state index in [1.165, 1.54) is 19.3 Å². The minimum absolute atomic E-state index is 0.0511. The predicted molar refractivity (Wildman–Crippen MR) is 109 cm³/mol. The van der Waals surface area contributed by atoms with Crippen molar-refractivity contribution in [2.45, 2.75) is 97.9 Å². The van der Waals surface area contributed by atoms with Crippen molar-refractivity contribution >= 4 is 5.78 Å². The highest BCUT2D eigenvalue weighted by molar-refractivity contribution is 5.83. The first-order valence-corrected chi connectivity index (χ1v) is 11.2. The van der Waals surface area contributed by atoms with E-state index in [1.807, 2.05) is 0 Å². The van der Waals surface area contributed by atoms with E-state index >= 15 is 0 Å². The van der Waals surface area contributed by atoms with Crippen molar-refractivity contribution in [1.82, 2.24) is 0 Å². The quantitative estimate of drug-likeness (QED) is 0.540. The van der Waals surface area contributed by atoms with Crippen LogP contribution >= 0.6 is 0 Å². The van der Waals surface area contributed by atoms with E-state index in [4.69, 9.17) is 9.47 Å². The first kappa shape index (κ1) is 21.0. The molecule has 0 N–H and O–H groups in total. The molecule has 1 heterocycles. The summed E-state index contributed by atoms with van der Waals surface area (Å²) in [6.45, 7) is 12.2. The minimum Gasteiger partial charge on any atom is -0.353 e. The lowest BCUT2D eigenvalue weighted by Crippen LogP contribution is -2.39. The molecule has 0 spiro atoms. The molecule has 3 nitrogen and oxygen atoms in total. The fraction of sp³-hybridized carbons (Fsp3) is 0.875. The Bertz CT molecular complexity index is 546. The molecule has 1 aliphatic heterocycles. The van der Waals surface area contributed by atoms with Gasteiger partial charge in [-0.15, -0.1) is 0 Å². The van der Waals surface area contributed by atoms with Crippen molar-refractivity contribution in [2.75, 3.05) is 6.61 Å². The Kier molecular flexibility index (Phi) is 6.52. The van der Waals surface area contributed by atoms with Crippen LogP contribution in [0.2, 0.25) is 0 Å². The van der Waals surface area contributed by atoms with E-state index in [-0.39, 0.29) is 17.3 Å². The number of carbonyl (C=O) groups is 1. The average molecular weight is 377 g/mol. The van der Waals surface area contributed by atoms with Crippen LogP contribution in [0.1, 0.15) is 86.0 Å². The standard InChI is InChI=1S/C24H40O3/c1-17(19-13-14-20-21(25)9-8-15-24(19,20)5)11-12-18(2)23(3,4)27-22-10-6-7-16-26-22/h11-12,17-20,22H,6-10,13-16H2,1-5H3/b12-11+. The monoisotopic (exact) mass is 376 g/mol. The molecule has 0 aromatic heterocycles. The molecule has 6 atom stereocenters. The molecule has 0 bridgehead atoms. The van der Waals surface area contributed by atoms with Crippen LogP contribution in [0, 0.1) is 29.1 Å². The van der Waals surface area contributed by atoms with Gasteiger partial charge in [-0.05, 0) is 76.0 Å². The molecular weight excluding hydrogens is 336 g/mol. The number of ether oxygens (including phenoxy) is 2. The van der Waals surface area contributed by atoms with E-state index in [0.717, 1.165) is 38.7 Å². The Hall–Kier alpha value is -0.670. The molecule has 0 radical (unpaired) electrons. The number of rotatable bonds is 6. The smallest absolute Gasteiger partial charge is 0.158 e. The Balaban J connectivity index is 1.60. The van der Waals surface area contributed by atoms with Gasteiger partial charge in [0.1, 0.15) is 5.78 Å². The van der Waals surface area contributed by atoms with Gasteiger partial charge in [0.25, 0.3) is 0 Å². The molecule has 154 valence electrons. The van der Waals surface area contributed by atoms with E-state index in [0.29, 0.717) is 29.5 Å². The number of carbonyl (C=O) groups excluding carboxylic acids is 1. The lowest BCUT2D eigenvalue weighted by Gasteiger charge is -2.42. The zero-order valence-electron chi connectivity index (χ0n) is 18.1. The van der Waals surface area contributed by atoms with Gasteiger partial charge in [0, 0.05) is 24.9 Å². The second kappa shape index (κ2) is 8.37. The van der Waals surface area contributed by atoms with Crippen LogP contribution in [-0.2, 0) is 14.3 Å². The van der Waals surface area contributed by atoms with Gasteiger partial charge in [0.2, 0.25) is 0 Å². The number of fused-ring (bicyclic) bond motifs is 1. The molecule has 3 heteroatoms. The summed E-state index contributed by atoms with van der Waals surface area (Å²) in [5.41, 5.74) is -0.0224. The fourth-order valence-electron chi connectivity index (χ4n) is 5.79. The molecule has 3 aliphatic rings. The molecule has 0 aromatic carbocycles. The molecule has 27 heavy (non-hydrogen) atoms. The minimum atomic E-state index is -0.235. The van der Waals surface area contributed by atoms with Crippen LogP contribution in [0.4, 0.5) is 0 Å². The van der Waals surface area contributed by atoms with Gasteiger partial charge in [0.15, 0.2) is 6.29 Å². The molecule has 2 aliphatic carbocycles. The summed E-state index contributed by atoms with van der Waals surface area (Å²) in [4.78, 5) is 12.4. The van der Waals surface area contributed by atoms with Crippen LogP contribution in [0.15, 0.2) is 12.2 Å². The summed E-state index contributed by atoms with van der Waals surface area (Å²) in [6.07, 6.45) is 13.4. The summed E-state index contributed by atoms with van der Waals surface area (Å²) in [7, 11) is 0. The summed E-state index contributed by atoms with van der Waals surface area (Å²) in [5.74, 6) is 2.30. The van der Waals surface area contributed by atoms with Crippen LogP contribution in [0.5, 0.6) is 0 Å². The molecule has 3 fully saturated rings. The largest absolute Gasteiger partial charge is 0.353 e. The zero-order valence-corrected chi connectivity index (χ0v) is 18.1. The van der Waals surface area contributed by atoms with Crippen LogP contribution in [0.3, 0.4) is 0 Å². The lowest BCUT2D eigenvalue weighted by molar-refractivity contribution is -0.223. The molecule has 2 saturated carbocycles. The van der Waals surface area contributed by atoms with Crippen LogP contribution < -0.4 is 0 Å². The number of hydrogen-bond acceptors (Lipinski definition) is 3. The van der Waals surface area contributed by atoms with Crippen molar-refractivity contribution < 1.29 is 14.3 Å². The third kappa shape index (κ3) is 4.50. The highest BCUT2D eigenvalue weighted by atomic mass is 16.7. The SMILES string of the molecule is CC(/C=C/C(C)C(C)(C)OC1CCCCO1)C1CCC2C(=O)CCCC21C.